The number of aryl methyl sites for hydroxylation is 1. The van der Waals surface area contributed by atoms with Crippen molar-refractivity contribution in [1.82, 2.24) is 19.9 Å². The molecule has 0 aliphatic heterocycles. The van der Waals surface area contributed by atoms with Gasteiger partial charge in [-0.3, -0.25) is 4.79 Å². The maximum atomic E-state index is 13.4. The van der Waals surface area contributed by atoms with Gasteiger partial charge in [-0.2, -0.15) is 18.3 Å². The van der Waals surface area contributed by atoms with Crippen LogP contribution in [0.15, 0.2) is 70.7 Å². The molecule has 2 N–H and O–H groups in total. The Bertz CT molecular complexity index is 1610. The van der Waals surface area contributed by atoms with E-state index in [4.69, 9.17) is 0 Å². The van der Waals surface area contributed by atoms with Crippen molar-refractivity contribution < 1.29 is 26.4 Å². The summed E-state index contributed by atoms with van der Waals surface area (Å²) in [6.07, 6.45) is -2.11. The third-order valence-corrected chi connectivity index (χ3v) is 7.82. The molecule has 2 aromatic heterocycles. The number of nitrogens with zero attached hydrogens (tertiary/aromatic N) is 3. The molecule has 0 bridgehead atoms. The van der Waals surface area contributed by atoms with Gasteiger partial charge in [0.1, 0.15) is 0 Å². The maximum Gasteiger partial charge on any atom is 0.390 e. The quantitative estimate of drug-likeness (QED) is 0.331. The van der Waals surface area contributed by atoms with Crippen LogP contribution in [-0.2, 0) is 9.84 Å². The van der Waals surface area contributed by atoms with Gasteiger partial charge in [-0.25, -0.2) is 17.9 Å². The van der Waals surface area contributed by atoms with Gasteiger partial charge in [-0.05, 0) is 49.6 Å². The number of alkyl halides is 3. The van der Waals surface area contributed by atoms with Crippen molar-refractivity contribution in [2.75, 3.05) is 11.9 Å². The number of rotatable bonds is 8. The molecule has 38 heavy (non-hydrogen) atoms. The summed E-state index contributed by atoms with van der Waals surface area (Å²) in [5.74, 6) is -0.166. The Hall–Kier alpha value is -3.93. The molecule has 1 saturated carbocycles. The lowest BCUT2D eigenvalue weighted by Crippen LogP contribution is -2.26. The Kier molecular flexibility index (Phi) is 6.59. The van der Waals surface area contributed by atoms with Crippen LogP contribution in [0.3, 0.4) is 0 Å². The van der Waals surface area contributed by atoms with Crippen molar-refractivity contribution in [2.24, 2.45) is 0 Å². The van der Waals surface area contributed by atoms with Gasteiger partial charge in [0.05, 0.1) is 28.9 Å². The fraction of sp³-hybridized carbons (Fsp3) is 0.269. The van der Waals surface area contributed by atoms with E-state index in [-0.39, 0.29) is 33.2 Å². The van der Waals surface area contributed by atoms with E-state index >= 15 is 0 Å². The topological polar surface area (TPSA) is 105 Å². The highest BCUT2D eigenvalue weighted by Gasteiger charge is 2.28. The van der Waals surface area contributed by atoms with Crippen LogP contribution < -0.4 is 10.6 Å². The van der Waals surface area contributed by atoms with Gasteiger partial charge in [0, 0.05) is 29.8 Å². The summed E-state index contributed by atoms with van der Waals surface area (Å²) < 4.78 is 66.4. The Balaban J connectivity index is 1.58. The van der Waals surface area contributed by atoms with Crippen LogP contribution in [0.4, 0.5) is 18.9 Å². The van der Waals surface area contributed by atoms with E-state index in [9.17, 15) is 26.4 Å². The summed E-state index contributed by atoms with van der Waals surface area (Å²) in [4.78, 5) is 16.9. The van der Waals surface area contributed by atoms with E-state index in [0.717, 1.165) is 12.8 Å². The second-order valence-electron chi connectivity index (χ2n) is 9.16. The molecule has 12 heteroatoms. The second-order valence-corrected chi connectivity index (χ2v) is 11.1. The van der Waals surface area contributed by atoms with Crippen LogP contribution in [0, 0.1) is 6.92 Å². The smallest absolute Gasteiger partial charge is 0.382 e. The zero-order chi connectivity index (χ0) is 27.1. The summed E-state index contributed by atoms with van der Waals surface area (Å²) in [6, 6.07) is 14.2. The van der Waals surface area contributed by atoms with Crippen LogP contribution in [0.2, 0.25) is 0 Å². The second kappa shape index (κ2) is 9.75. The summed E-state index contributed by atoms with van der Waals surface area (Å²) in [7, 11) is -4.09. The number of carbonyl (C=O) groups excluding carboxylic acids is 1. The number of sulfone groups is 1. The zero-order valence-electron chi connectivity index (χ0n) is 20.3. The first kappa shape index (κ1) is 25.7. The van der Waals surface area contributed by atoms with E-state index in [0.29, 0.717) is 22.4 Å². The lowest BCUT2D eigenvalue weighted by atomic mass is 10.0. The minimum Gasteiger partial charge on any atom is -0.382 e. The van der Waals surface area contributed by atoms with E-state index in [1.807, 2.05) is 0 Å². The van der Waals surface area contributed by atoms with E-state index in [2.05, 4.69) is 20.7 Å². The van der Waals surface area contributed by atoms with Gasteiger partial charge < -0.3 is 10.6 Å². The number of aromatic nitrogens is 3. The van der Waals surface area contributed by atoms with Crippen molar-refractivity contribution in [2.45, 2.75) is 48.3 Å². The first-order valence-corrected chi connectivity index (χ1v) is 13.4. The highest BCUT2D eigenvalue weighted by Crippen LogP contribution is 2.30. The first-order valence-electron chi connectivity index (χ1n) is 11.9. The molecule has 198 valence electrons. The minimum atomic E-state index is -4.39. The average Bonchev–Trinajstić information content (AvgIpc) is 3.58. The summed E-state index contributed by atoms with van der Waals surface area (Å²) in [6.45, 7) is 1.32. The number of fused-ring (bicyclic) bond motifs is 1. The molecular formula is C26H24F3N5O3S. The number of benzene rings is 2. The van der Waals surface area contributed by atoms with Crippen molar-refractivity contribution in [1.29, 1.82) is 0 Å². The number of carbonyl (C=O) groups is 1. The van der Waals surface area contributed by atoms with E-state index in [1.165, 1.54) is 28.9 Å². The lowest BCUT2D eigenvalue weighted by molar-refractivity contribution is -0.131. The predicted molar refractivity (Wildman–Crippen MR) is 135 cm³/mol. The number of imidazole rings is 1. The third kappa shape index (κ3) is 5.35. The molecule has 4 aromatic rings. The molecule has 0 radical (unpaired) electrons. The summed E-state index contributed by atoms with van der Waals surface area (Å²) in [5, 5.41) is 9.61. The highest BCUT2D eigenvalue weighted by molar-refractivity contribution is 7.91. The number of hydrogen-bond donors (Lipinski definition) is 2. The maximum absolute atomic E-state index is 13.4. The average molecular weight is 544 g/mol. The highest BCUT2D eigenvalue weighted by atomic mass is 32.2. The minimum absolute atomic E-state index is 0.00312. The molecule has 8 nitrogen and oxygen atoms in total. The Morgan fingerprint density at radius 3 is 2.50 bits per heavy atom. The lowest BCUT2D eigenvalue weighted by Gasteiger charge is -2.13. The zero-order valence-corrected chi connectivity index (χ0v) is 21.1. The SMILES string of the molecule is Cc1cc(-c2cnc3c(NCCC(F)(F)F)cc(S(=O)(=O)c4ccccc4)nn23)ccc1C(=O)NC1CC1. The van der Waals surface area contributed by atoms with Crippen molar-refractivity contribution in [3.63, 3.8) is 0 Å². The van der Waals surface area contributed by atoms with Gasteiger partial charge in [0.15, 0.2) is 10.7 Å². The van der Waals surface area contributed by atoms with Crippen LogP contribution in [0.5, 0.6) is 0 Å². The molecule has 2 aromatic carbocycles. The van der Waals surface area contributed by atoms with Gasteiger partial charge in [0.2, 0.25) is 9.84 Å². The van der Waals surface area contributed by atoms with Gasteiger partial charge in [-0.1, -0.05) is 24.3 Å². The Morgan fingerprint density at radius 2 is 1.84 bits per heavy atom. The monoisotopic (exact) mass is 543 g/mol. The van der Waals surface area contributed by atoms with E-state index < -0.39 is 29.0 Å². The van der Waals surface area contributed by atoms with Gasteiger partial charge in [0.25, 0.3) is 5.91 Å². The largest absolute Gasteiger partial charge is 0.390 e. The molecule has 0 saturated heterocycles. The number of nitrogens with one attached hydrogen (secondary N) is 2. The van der Waals surface area contributed by atoms with Crippen molar-refractivity contribution in [3.05, 3.63) is 71.9 Å². The number of hydrogen-bond acceptors (Lipinski definition) is 6. The Morgan fingerprint density at radius 1 is 1.11 bits per heavy atom. The summed E-state index contributed by atoms with van der Waals surface area (Å²) in [5.41, 5.74) is 2.52. The Labute approximate surface area is 216 Å². The van der Waals surface area contributed by atoms with Crippen LogP contribution in [0.1, 0.15) is 35.2 Å². The normalized spacial score (nSPS) is 14.0. The van der Waals surface area contributed by atoms with E-state index in [1.54, 1.807) is 43.3 Å². The van der Waals surface area contributed by atoms with Crippen molar-refractivity contribution >= 4 is 27.1 Å². The molecule has 2 heterocycles. The molecule has 5 rings (SSSR count). The number of anilines is 1. The van der Waals surface area contributed by atoms with Crippen LogP contribution in [-0.4, -0.2) is 47.7 Å². The molecule has 0 atom stereocenters. The molecular weight excluding hydrogens is 519 g/mol. The fourth-order valence-corrected chi connectivity index (χ4v) is 5.25. The molecule has 1 aliphatic carbocycles. The van der Waals surface area contributed by atoms with Crippen LogP contribution in [0.25, 0.3) is 16.9 Å². The fourth-order valence-electron chi connectivity index (χ4n) is 4.03. The standard InChI is InChI=1S/C26H24F3N5O3S/c1-16-13-17(7-10-20(16)25(35)32-18-8-9-18)22-15-31-24-21(30-12-11-26(27,28)29)14-23(33-34(22)24)38(36,37)19-5-3-2-4-6-19/h2-7,10,13-15,18,30H,8-9,11-12H2,1H3,(H,32,35). The molecule has 0 spiro atoms. The third-order valence-electron chi connectivity index (χ3n) is 6.18. The van der Waals surface area contributed by atoms with Crippen LogP contribution >= 0.6 is 0 Å². The number of amides is 1. The molecule has 1 amide bonds. The predicted octanol–water partition coefficient (Wildman–Crippen LogP) is 4.79. The van der Waals surface area contributed by atoms with Gasteiger partial charge >= 0.3 is 6.18 Å². The number of halogens is 3. The van der Waals surface area contributed by atoms with Crippen molar-refractivity contribution in [3.8, 4) is 11.3 Å². The molecule has 0 unspecified atom stereocenters. The first-order chi connectivity index (χ1) is 18.0. The molecule has 1 fully saturated rings. The summed E-state index contributed by atoms with van der Waals surface area (Å²) >= 11 is 0. The molecule has 1 aliphatic rings. The van der Waals surface area contributed by atoms with Gasteiger partial charge in [-0.15, -0.1) is 0 Å².